The zero-order valence-corrected chi connectivity index (χ0v) is 8.31. The molecule has 1 aromatic carbocycles. The van der Waals surface area contributed by atoms with E-state index in [1.807, 2.05) is 18.2 Å². The van der Waals surface area contributed by atoms with Crippen LogP contribution in [0.3, 0.4) is 0 Å². The molecule has 0 saturated carbocycles. The van der Waals surface area contributed by atoms with Crippen molar-refractivity contribution in [2.75, 3.05) is 6.54 Å². The van der Waals surface area contributed by atoms with E-state index < -0.39 is 0 Å². The molecule has 1 saturated heterocycles. The summed E-state index contributed by atoms with van der Waals surface area (Å²) in [7, 11) is 0. The van der Waals surface area contributed by atoms with Crippen LogP contribution in [-0.4, -0.2) is 12.8 Å². The van der Waals surface area contributed by atoms with E-state index in [1.165, 1.54) is 5.56 Å². The molecular formula is C12H12N2O. The van der Waals surface area contributed by atoms with Crippen LogP contribution in [0.4, 0.5) is 0 Å². The Kier molecular flexibility index (Phi) is 1.90. The van der Waals surface area contributed by atoms with E-state index in [-0.39, 0.29) is 12.1 Å². The zero-order chi connectivity index (χ0) is 10.3. The Balaban J connectivity index is 1.93. The number of rotatable bonds is 0. The molecule has 0 aromatic heterocycles. The first-order valence-electron chi connectivity index (χ1n) is 5.27. The number of fused-ring (bicyclic) bond motifs is 3. The van der Waals surface area contributed by atoms with Crippen molar-refractivity contribution in [2.24, 2.45) is 5.92 Å². The molecule has 1 fully saturated rings. The molecule has 15 heavy (non-hydrogen) atoms. The molecule has 0 bridgehead atoms. The van der Waals surface area contributed by atoms with Gasteiger partial charge in [0.25, 0.3) is 0 Å². The molecular weight excluding hydrogens is 188 g/mol. The number of piperidine rings is 1. The molecule has 2 heterocycles. The van der Waals surface area contributed by atoms with E-state index in [9.17, 15) is 0 Å². The summed E-state index contributed by atoms with van der Waals surface area (Å²) in [6, 6.07) is 10.4. The predicted molar refractivity (Wildman–Crippen MR) is 55.3 cm³/mol. The van der Waals surface area contributed by atoms with E-state index in [0.717, 1.165) is 18.7 Å². The first-order valence-corrected chi connectivity index (χ1v) is 5.27. The molecule has 0 aliphatic carbocycles. The number of hydrogen-bond donors (Lipinski definition) is 1. The molecule has 1 N–H and O–H groups in total. The van der Waals surface area contributed by atoms with Crippen LogP contribution in [0.15, 0.2) is 24.3 Å². The second-order valence-corrected chi connectivity index (χ2v) is 4.15. The van der Waals surface area contributed by atoms with Crippen LogP contribution in [0.1, 0.15) is 17.9 Å². The highest BCUT2D eigenvalue weighted by Gasteiger charge is 2.38. The summed E-state index contributed by atoms with van der Waals surface area (Å²) in [5.41, 5.74) is 1.25. The molecule has 2 aliphatic heterocycles. The topological polar surface area (TPSA) is 45.0 Å². The van der Waals surface area contributed by atoms with Gasteiger partial charge in [-0.3, -0.25) is 5.32 Å². The lowest BCUT2D eigenvalue weighted by Crippen LogP contribution is -2.44. The molecule has 3 heteroatoms. The van der Waals surface area contributed by atoms with Crippen LogP contribution in [0, 0.1) is 17.2 Å². The molecule has 0 radical (unpaired) electrons. The molecule has 1 aromatic rings. The van der Waals surface area contributed by atoms with Crippen molar-refractivity contribution in [1.82, 2.24) is 5.32 Å². The van der Waals surface area contributed by atoms with Gasteiger partial charge in [-0.15, -0.1) is 0 Å². The van der Waals surface area contributed by atoms with Crippen LogP contribution in [-0.2, 0) is 0 Å². The van der Waals surface area contributed by atoms with E-state index in [2.05, 4.69) is 17.5 Å². The molecule has 76 valence electrons. The number of ether oxygens (including phenoxy) is 1. The largest absolute Gasteiger partial charge is 0.474 e. The summed E-state index contributed by atoms with van der Waals surface area (Å²) in [5.74, 6) is 1.43. The zero-order valence-electron chi connectivity index (χ0n) is 8.31. The maximum Gasteiger partial charge on any atom is 0.157 e. The van der Waals surface area contributed by atoms with Crippen molar-refractivity contribution < 1.29 is 4.74 Å². The molecule has 3 atom stereocenters. The van der Waals surface area contributed by atoms with Gasteiger partial charge in [0, 0.05) is 18.0 Å². The Bertz CT molecular complexity index is 424. The van der Waals surface area contributed by atoms with Crippen molar-refractivity contribution >= 4 is 0 Å². The van der Waals surface area contributed by atoms with Crippen LogP contribution in [0.5, 0.6) is 5.75 Å². The first kappa shape index (κ1) is 8.75. The van der Waals surface area contributed by atoms with Gasteiger partial charge in [0.2, 0.25) is 0 Å². The van der Waals surface area contributed by atoms with Gasteiger partial charge in [0.05, 0.1) is 12.0 Å². The lowest BCUT2D eigenvalue weighted by Gasteiger charge is -2.28. The standard InChI is InChI=1S/C12H12N2O/c13-6-8-5-10-9-3-1-2-4-11(9)15-12(10)14-7-8/h1-4,8,10,12,14H,5,7H2. The first-order chi connectivity index (χ1) is 7.38. The molecule has 0 spiro atoms. The summed E-state index contributed by atoms with van der Waals surface area (Å²) in [6.07, 6.45) is 0.984. The normalized spacial score (nSPS) is 32.3. The molecule has 3 rings (SSSR count). The number of benzene rings is 1. The lowest BCUT2D eigenvalue weighted by molar-refractivity contribution is 0.128. The fourth-order valence-corrected chi connectivity index (χ4v) is 2.46. The smallest absolute Gasteiger partial charge is 0.157 e. The highest BCUT2D eigenvalue weighted by Crippen LogP contribution is 2.42. The van der Waals surface area contributed by atoms with Crippen molar-refractivity contribution in [2.45, 2.75) is 18.6 Å². The van der Waals surface area contributed by atoms with Crippen molar-refractivity contribution in [3.8, 4) is 11.8 Å². The minimum atomic E-state index is 0.0759. The van der Waals surface area contributed by atoms with Gasteiger partial charge >= 0.3 is 0 Å². The van der Waals surface area contributed by atoms with Crippen molar-refractivity contribution in [3.05, 3.63) is 29.8 Å². The second kappa shape index (κ2) is 3.25. The Morgan fingerprint density at radius 3 is 3.13 bits per heavy atom. The third-order valence-electron chi connectivity index (χ3n) is 3.22. The van der Waals surface area contributed by atoms with Crippen LogP contribution >= 0.6 is 0 Å². The van der Waals surface area contributed by atoms with Gasteiger partial charge in [-0.1, -0.05) is 18.2 Å². The maximum absolute atomic E-state index is 8.93. The summed E-state index contributed by atoms with van der Waals surface area (Å²) in [5, 5.41) is 12.2. The third kappa shape index (κ3) is 1.30. The maximum atomic E-state index is 8.93. The van der Waals surface area contributed by atoms with Gasteiger partial charge in [0.15, 0.2) is 6.23 Å². The average Bonchev–Trinajstić information content (AvgIpc) is 2.66. The summed E-state index contributed by atoms with van der Waals surface area (Å²) in [6.45, 7) is 0.742. The Labute approximate surface area is 88.7 Å². The number of hydrogen-bond acceptors (Lipinski definition) is 3. The summed E-state index contributed by atoms with van der Waals surface area (Å²) >= 11 is 0. The fourth-order valence-electron chi connectivity index (χ4n) is 2.46. The van der Waals surface area contributed by atoms with E-state index in [1.54, 1.807) is 0 Å². The number of para-hydroxylation sites is 1. The molecule has 0 amide bonds. The van der Waals surface area contributed by atoms with Crippen LogP contribution in [0.2, 0.25) is 0 Å². The monoisotopic (exact) mass is 200 g/mol. The van der Waals surface area contributed by atoms with E-state index in [0.29, 0.717) is 5.92 Å². The summed E-state index contributed by atoms with van der Waals surface area (Å²) < 4.78 is 5.78. The van der Waals surface area contributed by atoms with Crippen LogP contribution in [0.25, 0.3) is 0 Å². The minimum absolute atomic E-state index is 0.0759. The van der Waals surface area contributed by atoms with Gasteiger partial charge in [-0.2, -0.15) is 5.26 Å². The van der Waals surface area contributed by atoms with Crippen molar-refractivity contribution in [3.63, 3.8) is 0 Å². The predicted octanol–water partition coefficient (Wildman–Crippen LogP) is 1.62. The summed E-state index contributed by atoms with van der Waals surface area (Å²) in [4.78, 5) is 0. The molecule has 2 aliphatic rings. The average molecular weight is 200 g/mol. The number of nitrogens with one attached hydrogen (secondary N) is 1. The van der Waals surface area contributed by atoms with Crippen molar-refractivity contribution in [1.29, 1.82) is 5.26 Å². The minimum Gasteiger partial charge on any atom is -0.474 e. The highest BCUT2D eigenvalue weighted by atomic mass is 16.5. The molecule has 3 nitrogen and oxygen atoms in total. The third-order valence-corrected chi connectivity index (χ3v) is 3.22. The van der Waals surface area contributed by atoms with Gasteiger partial charge in [0.1, 0.15) is 5.75 Å². The van der Waals surface area contributed by atoms with Gasteiger partial charge in [-0.05, 0) is 12.5 Å². The van der Waals surface area contributed by atoms with Gasteiger partial charge in [-0.25, -0.2) is 0 Å². The molecule has 3 unspecified atom stereocenters. The van der Waals surface area contributed by atoms with E-state index >= 15 is 0 Å². The Hall–Kier alpha value is -1.53. The lowest BCUT2D eigenvalue weighted by atomic mass is 9.86. The van der Waals surface area contributed by atoms with Gasteiger partial charge < -0.3 is 4.74 Å². The SMILES string of the molecule is N#CC1CNC2Oc3ccccc3C2C1. The number of nitrogens with zero attached hydrogens (tertiary/aromatic N) is 1. The Morgan fingerprint density at radius 2 is 2.27 bits per heavy atom. The Morgan fingerprint density at radius 1 is 1.40 bits per heavy atom. The highest BCUT2D eigenvalue weighted by molar-refractivity contribution is 5.41. The second-order valence-electron chi connectivity index (χ2n) is 4.15. The van der Waals surface area contributed by atoms with Crippen LogP contribution < -0.4 is 10.1 Å². The quantitative estimate of drug-likeness (QED) is 0.692. The fraction of sp³-hybridized carbons (Fsp3) is 0.417. The van der Waals surface area contributed by atoms with E-state index in [4.69, 9.17) is 10.00 Å². The number of nitriles is 1.